The van der Waals surface area contributed by atoms with Gasteiger partial charge in [0.2, 0.25) is 5.91 Å². The van der Waals surface area contributed by atoms with Gasteiger partial charge in [0.25, 0.3) is 5.69 Å². The summed E-state index contributed by atoms with van der Waals surface area (Å²) in [4.78, 5) is 24.2. The minimum atomic E-state index is -0.580. The Morgan fingerprint density at radius 3 is 2.33 bits per heavy atom. The molecule has 0 atom stereocenters. The fourth-order valence-corrected chi connectivity index (χ4v) is 1.66. The lowest BCUT2D eigenvalue weighted by Crippen LogP contribution is -2.21. The van der Waals surface area contributed by atoms with Crippen LogP contribution in [0.2, 0.25) is 0 Å². The second-order valence-electron chi connectivity index (χ2n) is 4.58. The van der Waals surface area contributed by atoms with Gasteiger partial charge in [-0.2, -0.15) is 0 Å². The number of nitro benzene ring substituents is 1. The third-order valence-corrected chi connectivity index (χ3v) is 2.76. The number of nitrogens with one attached hydrogen (secondary N) is 1. The van der Waals surface area contributed by atoms with Crippen molar-refractivity contribution in [2.24, 2.45) is 0 Å². The fourth-order valence-electron chi connectivity index (χ4n) is 1.66. The molecule has 0 fully saturated rings. The Balaban J connectivity index is 3.04. The smallest absolute Gasteiger partial charge is 0.296 e. The van der Waals surface area contributed by atoms with Crippen molar-refractivity contribution in [3.05, 3.63) is 22.2 Å². The average molecular weight is 297 g/mol. The monoisotopic (exact) mass is 297 g/mol. The van der Waals surface area contributed by atoms with Gasteiger partial charge in [0.15, 0.2) is 11.5 Å². The van der Waals surface area contributed by atoms with Gasteiger partial charge in [0, 0.05) is 19.0 Å². The lowest BCUT2D eigenvalue weighted by molar-refractivity contribution is -0.384. The number of hydrogen-bond acceptors (Lipinski definition) is 6. The van der Waals surface area contributed by atoms with E-state index in [9.17, 15) is 14.9 Å². The first kappa shape index (κ1) is 16.7. The van der Waals surface area contributed by atoms with Crippen molar-refractivity contribution in [1.29, 1.82) is 0 Å². The van der Waals surface area contributed by atoms with Gasteiger partial charge in [-0.1, -0.05) is 0 Å². The molecule has 0 saturated carbocycles. The molecule has 1 aromatic carbocycles. The molecule has 0 bridgehead atoms. The van der Waals surface area contributed by atoms with Crippen molar-refractivity contribution in [3.63, 3.8) is 0 Å². The van der Waals surface area contributed by atoms with Crippen LogP contribution in [-0.4, -0.2) is 50.6 Å². The lowest BCUT2D eigenvalue weighted by atomic mass is 10.2. The van der Waals surface area contributed by atoms with Gasteiger partial charge >= 0.3 is 0 Å². The fraction of sp³-hybridized carbons (Fsp3) is 0.462. The van der Waals surface area contributed by atoms with Crippen molar-refractivity contribution in [3.8, 4) is 11.5 Å². The molecule has 0 unspecified atom stereocenters. The van der Waals surface area contributed by atoms with Crippen LogP contribution in [0.3, 0.4) is 0 Å². The van der Waals surface area contributed by atoms with Gasteiger partial charge in [-0.15, -0.1) is 0 Å². The van der Waals surface area contributed by atoms with Gasteiger partial charge in [-0.3, -0.25) is 14.9 Å². The van der Waals surface area contributed by atoms with Crippen LogP contribution in [-0.2, 0) is 4.79 Å². The van der Waals surface area contributed by atoms with E-state index >= 15 is 0 Å². The molecule has 1 N–H and O–H groups in total. The largest absolute Gasteiger partial charge is 0.493 e. The molecule has 0 aromatic heterocycles. The quantitative estimate of drug-likeness (QED) is 0.605. The van der Waals surface area contributed by atoms with Crippen LogP contribution in [0, 0.1) is 10.1 Å². The number of carbonyl (C=O) groups is 1. The molecule has 0 saturated heterocycles. The van der Waals surface area contributed by atoms with Crippen LogP contribution in [0.4, 0.5) is 11.4 Å². The summed E-state index contributed by atoms with van der Waals surface area (Å²) in [5.74, 6) is 0.237. The van der Waals surface area contributed by atoms with E-state index in [1.54, 1.807) is 0 Å². The van der Waals surface area contributed by atoms with E-state index in [-0.39, 0.29) is 29.5 Å². The molecule has 8 heteroatoms. The summed E-state index contributed by atoms with van der Waals surface area (Å²) in [6, 6.07) is 2.60. The predicted octanol–water partition coefficient (Wildman–Crippen LogP) is 1.50. The Bertz CT molecular complexity index is 531. The Labute approximate surface area is 122 Å². The first-order valence-electron chi connectivity index (χ1n) is 6.24. The molecule has 0 radical (unpaired) electrons. The molecular weight excluding hydrogens is 278 g/mol. The predicted molar refractivity (Wildman–Crippen MR) is 78.0 cm³/mol. The Hall–Kier alpha value is -2.35. The highest BCUT2D eigenvalue weighted by molar-refractivity contribution is 5.93. The number of hydrogen-bond donors (Lipinski definition) is 1. The van der Waals surface area contributed by atoms with E-state index in [2.05, 4.69) is 5.32 Å². The molecule has 0 aliphatic heterocycles. The van der Waals surface area contributed by atoms with Gasteiger partial charge < -0.3 is 19.7 Å². The maximum Gasteiger partial charge on any atom is 0.296 e. The second-order valence-corrected chi connectivity index (χ2v) is 4.58. The third kappa shape index (κ3) is 4.60. The molecular formula is C13H19N3O5. The van der Waals surface area contributed by atoms with Crippen molar-refractivity contribution in [2.45, 2.75) is 6.42 Å². The van der Waals surface area contributed by atoms with Gasteiger partial charge in [-0.25, -0.2) is 0 Å². The van der Waals surface area contributed by atoms with E-state index < -0.39 is 4.92 Å². The minimum absolute atomic E-state index is 0.0846. The van der Waals surface area contributed by atoms with Crippen LogP contribution in [0.15, 0.2) is 12.1 Å². The maximum atomic E-state index is 11.8. The van der Waals surface area contributed by atoms with E-state index in [4.69, 9.17) is 9.47 Å². The Morgan fingerprint density at radius 2 is 1.86 bits per heavy atom. The number of ether oxygens (including phenoxy) is 2. The summed E-state index contributed by atoms with van der Waals surface area (Å²) in [6.45, 7) is 0.549. The van der Waals surface area contributed by atoms with Crippen LogP contribution in [0.1, 0.15) is 6.42 Å². The SMILES string of the molecule is COc1cc(NC(=O)CCN(C)C)c([N+](=O)[O-])cc1OC. The van der Waals surface area contributed by atoms with Crippen molar-refractivity contribution < 1.29 is 19.2 Å². The summed E-state index contributed by atoms with van der Waals surface area (Å²) >= 11 is 0. The first-order valence-corrected chi connectivity index (χ1v) is 6.24. The standard InChI is InChI=1S/C13H19N3O5/c1-15(2)6-5-13(17)14-9-7-11(20-3)12(21-4)8-10(9)16(18)19/h7-8H,5-6H2,1-4H3,(H,14,17). The Kier molecular flexibility index (Phi) is 5.92. The summed E-state index contributed by atoms with van der Waals surface area (Å²) in [6.07, 6.45) is 0.235. The molecule has 116 valence electrons. The molecule has 1 aromatic rings. The summed E-state index contributed by atoms with van der Waals surface area (Å²) in [5, 5.41) is 13.6. The van der Waals surface area contributed by atoms with E-state index in [1.807, 2.05) is 19.0 Å². The highest BCUT2D eigenvalue weighted by atomic mass is 16.6. The molecule has 1 rings (SSSR count). The Morgan fingerprint density at radius 1 is 1.29 bits per heavy atom. The van der Waals surface area contributed by atoms with Gasteiger partial charge in [-0.05, 0) is 14.1 Å². The van der Waals surface area contributed by atoms with Crippen LogP contribution < -0.4 is 14.8 Å². The average Bonchev–Trinajstić information content (AvgIpc) is 2.44. The van der Waals surface area contributed by atoms with Crippen LogP contribution in [0.25, 0.3) is 0 Å². The van der Waals surface area contributed by atoms with Crippen molar-refractivity contribution in [1.82, 2.24) is 4.90 Å². The summed E-state index contributed by atoms with van der Waals surface area (Å²) in [7, 11) is 6.48. The van der Waals surface area contributed by atoms with Gasteiger partial charge in [0.1, 0.15) is 5.69 Å². The van der Waals surface area contributed by atoms with Crippen molar-refractivity contribution in [2.75, 3.05) is 40.2 Å². The molecule has 0 aliphatic rings. The summed E-state index contributed by atoms with van der Waals surface area (Å²) in [5.41, 5.74) is -0.160. The zero-order valence-electron chi connectivity index (χ0n) is 12.5. The highest BCUT2D eigenvalue weighted by Gasteiger charge is 2.21. The van der Waals surface area contributed by atoms with E-state index in [0.29, 0.717) is 12.3 Å². The third-order valence-electron chi connectivity index (χ3n) is 2.76. The zero-order chi connectivity index (χ0) is 16.0. The van der Waals surface area contributed by atoms with Gasteiger partial charge in [0.05, 0.1) is 25.2 Å². The normalized spacial score (nSPS) is 10.3. The number of rotatable bonds is 7. The van der Waals surface area contributed by atoms with E-state index in [0.717, 1.165) is 0 Å². The number of nitrogens with zero attached hydrogens (tertiary/aromatic N) is 2. The number of benzene rings is 1. The maximum absolute atomic E-state index is 11.8. The molecule has 0 aliphatic carbocycles. The molecule has 21 heavy (non-hydrogen) atoms. The minimum Gasteiger partial charge on any atom is -0.493 e. The number of carbonyl (C=O) groups excluding carboxylic acids is 1. The first-order chi connectivity index (χ1) is 9.88. The van der Waals surface area contributed by atoms with Crippen LogP contribution in [0.5, 0.6) is 11.5 Å². The molecule has 1 amide bonds. The van der Waals surface area contributed by atoms with E-state index in [1.165, 1.54) is 26.4 Å². The molecule has 0 heterocycles. The van der Waals surface area contributed by atoms with Crippen LogP contribution >= 0.6 is 0 Å². The summed E-state index contributed by atoms with van der Waals surface area (Å²) < 4.78 is 10.1. The molecule has 0 spiro atoms. The zero-order valence-corrected chi connectivity index (χ0v) is 12.5. The molecule has 8 nitrogen and oxygen atoms in total. The lowest BCUT2D eigenvalue weighted by Gasteiger charge is -2.12. The second kappa shape index (κ2) is 7.44. The topological polar surface area (TPSA) is 93.9 Å². The number of nitro groups is 1. The number of methoxy groups -OCH3 is 2. The van der Waals surface area contributed by atoms with Crippen molar-refractivity contribution >= 4 is 17.3 Å². The number of amides is 1. The number of anilines is 1. The highest BCUT2D eigenvalue weighted by Crippen LogP contribution is 2.37.